The Hall–Kier alpha value is -0.910. The monoisotopic (exact) mass is 227 g/mol. The highest BCUT2D eigenvalue weighted by atomic mass is 32.2. The van der Waals surface area contributed by atoms with Gasteiger partial charge in [-0.3, -0.25) is 0 Å². The summed E-state index contributed by atoms with van der Waals surface area (Å²) in [6.45, 7) is 2.45. The van der Waals surface area contributed by atoms with Gasteiger partial charge in [0.2, 0.25) is 11.6 Å². The van der Waals surface area contributed by atoms with Crippen molar-refractivity contribution >= 4 is 17.3 Å². The Bertz CT molecular complexity index is 337. The van der Waals surface area contributed by atoms with Crippen molar-refractivity contribution in [3.05, 3.63) is 24.3 Å². The first kappa shape index (κ1) is 10.6. The van der Waals surface area contributed by atoms with Gasteiger partial charge in [0, 0.05) is 0 Å². The zero-order valence-electron chi connectivity index (χ0n) is 8.67. The minimum absolute atomic E-state index is 0.0992. The molecule has 2 rings (SSSR count). The van der Waals surface area contributed by atoms with Crippen LogP contribution in [0, 0.1) is 0 Å². The maximum absolute atomic E-state index is 11.6. The van der Waals surface area contributed by atoms with Crippen molar-refractivity contribution in [1.29, 1.82) is 0 Å². The molecule has 5 heteroatoms. The van der Waals surface area contributed by atoms with Crippen molar-refractivity contribution in [3.63, 3.8) is 0 Å². The van der Waals surface area contributed by atoms with Crippen LogP contribution in [-0.4, -0.2) is 24.3 Å². The van der Waals surface area contributed by atoms with E-state index < -0.39 is 11.6 Å². The largest absolute Gasteiger partial charge is 0.560 e. The summed E-state index contributed by atoms with van der Waals surface area (Å²) in [6.07, 6.45) is 0. The topological polar surface area (TPSA) is 44.8 Å². The molecule has 1 fully saturated rings. The van der Waals surface area contributed by atoms with Gasteiger partial charge < -0.3 is 9.29 Å². The summed E-state index contributed by atoms with van der Waals surface area (Å²) >= 11 is -1.40. The molecule has 1 aromatic rings. The molecule has 1 heterocycles. The van der Waals surface area contributed by atoms with E-state index in [0.29, 0.717) is 12.4 Å². The number of nitrogens with zero attached hydrogens (tertiary/aromatic N) is 1. The van der Waals surface area contributed by atoms with Crippen LogP contribution in [0.3, 0.4) is 0 Å². The van der Waals surface area contributed by atoms with Crippen LogP contribution in [-0.2, 0) is 15.8 Å². The average Bonchev–Trinajstić information content (AvgIpc) is 2.59. The van der Waals surface area contributed by atoms with Crippen LogP contribution < -0.4 is 9.04 Å². The average molecular weight is 227 g/mol. The summed E-state index contributed by atoms with van der Waals surface area (Å²) in [5.74, 6) is 0.711. The van der Waals surface area contributed by atoms with Crippen molar-refractivity contribution in [2.45, 2.75) is 13.0 Å². The third kappa shape index (κ3) is 1.90. The summed E-state index contributed by atoms with van der Waals surface area (Å²) in [4.78, 5) is 0. The van der Waals surface area contributed by atoms with Crippen molar-refractivity contribution in [2.24, 2.45) is 0 Å². The molecule has 0 amide bonds. The third-order valence-electron chi connectivity index (χ3n) is 2.29. The van der Waals surface area contributed by atoms with Crippen molar-refractivity contribution < 1.29 is 13.5 Å². The second-order valence-corrected chi connectivity index (χ2v) is 4.41. The predicted octanol–water partition coefficient (Wildman–Crippen LogP) is 1.50. The Balaban J connectivity index is 2.35. The fourth-order valence-electron chi connectivity index (χ4n) is 1.56. The highest BCUT2D eigenvalue weighted by Gasteiger charge is 2.38. The molecule has 2 atom stereocenters. The molecule has 0 aromatic heterocycles. The fraction of sp³-hybridized carbons (Fsp3) is 0.400. The molecule has 0 spiro atoms. The van der Waals surface area contributed by atoms with Crippen LogP contribution in [0.5, 0.6) is 5.75 Å². The Labute approximate surface area is 92.3 Å². The number of hydrogen-bond donors (Lipinski definition) is 0. The number of rotatable bonds is 2. The molecule has 15 heavy (non-hydrogen) atoms. The lowest BCUT2D eigenvalue weighted by molar-refractivity contribution is 0.342. The van der Waals surface area contributed by atoms with Crippen molar-refractivity contribution in [2.75, 3.05) is 18.0 Å². The molecule has 1 unspecified atom stereocenters. The molecule has 1 saturated heterocycles. The van der Waals surface area contributed by atoms with Crippen LogP contribution in [0.4, 0.5) is 5.69 Å². The Morgan fingerprint density at radius 2 is 2.27 bits per heavy atom. The summed E-state index contributed by atoms with van der Waals surface area (Å²) in [7, 11) is 1.60. The number of anilines is 1. The van der Waals surface area contributed by atoms with Gasteiger partial charge in [-0.1, -0.05) is 12.1 Å². The van der Waals surface area contributed by atoms with E-state index in [2.05, 4.69) is 0 Å². The highest BCUT2D eigenvalue weighted by Crippen LogP contribution is 2.34. The fourth-order valence-corrected chi connectivity index (χ4v) is 2.65. The van der Waals surface area contributed by atoms with E-state index in [9.17, 15) is 4.55 Å². The zero-order chi connectivity index (χ0) is 10.8. The molecule has 1 aromatic carbocycles. The van der Waals surface area contributed by atoms with Crippen LogP contribution in [0.1, 0.15) is 6.92 Å². The number of para-hydroxylation sites is 2. The Morgan fingerprint density at radius 3 is 2.87 bits per heavy atom. The van der Waals surface area contributed by atoms with E-state index in [0.717, 1.165) is 5.69 Å². The van der Waals surface area contributed by atoms with Gasteiger partial charge in [-0.2, -0.15) is 4.31 Å². The van der Waals surface area contributed by atoms with Gasteiger partial charge in [0.05, 0.1) is 7.11 Å². The first-order valence-electron chi connectivity index (χ1n) is 4.71. The lowest BCUT2D eigenvalue weighted by atomic mass is 10.2. The first-order chi connectivity index (χ1) is 7.24. The molecule has 0 aliphatic carbocycles. The summed E-state index contributed by atoms with van der Waals surface area (Å²) in [6, 6.07) is 7.59. The lowest BCUT2D eigenvalue weighted by Gasteiger charge is -2.20. The second-order valence-electron chi connectivity index (χ2n) is 3.35. The van der Waals surface area contributed by atoms with E-state index >= 15 is 0 Å². The number of hydrogen-bond acceptors (Lipinski definition) is 4. The van der Waals surface area contributed by atoms with Gasteiger partial charge in [0.15, 0.2) is 0 Å². The maximum atomic E-state index is 11.6. The number of benzene rings is 1. The van der Waals surface area contributed by atoms with Crippen molar-refractivity contribution in [3.8, 4) is 5.75 Å². The van der Waals surface area contributed by atoms with Crippen LogP contribution in [0.15, 0.2) is 24.3 Å². The predicted molar refractivity (Wildman–Crippen MR) is 59.0 cm³/mol. The standard InChI is InChI=1S/C10H13NO3S/c1-8-7-14-15(12)11(8)9-5-3-4-6-10(9)13-2/h3-6,8H,7H2,1-2H3/t8-,15?/m1/s1. The maximum Gasteiger partial charge on any atom is 0.246 e. The lowest BCUT2D eigenvalue weighted by Crippen LogP contribution is -2.31. The van der Waals surface area contributed by atoms with E-state index in [1.807, 2.05) is 31.2 Å². The van der Waals surface area contributed by atoms with Gasteiger partial charge in [-0.05, 0) is 19.1 Å². The summed E-state index contributed by atoms with van der Waals surface area (Å²) < 4.78 is 23.6. The SMILES string of the molecule is COc1ccccc1N1[C@H](C)CO[S+]1[O-]. The molecule has 0 radical (unpaired) electrons. The van der Waals surface area contributed by atoms with Gasteiger partial charge >= 0.3 is 0 Å². The third-order valence-corrected chi connectivity index (χ3v) is 3.51. The molecule has 0 bridgehead atoms. The van der Waals surface area contributed by atoms with E-state index in [-0.39, 0.29) is 6.04 Å². The molecule has 1 aliphatic rings. The first-order valence-corrected chi connectivity index (χ1v) is 5.74. The quantitative estimate of drug-likeness (QED) is 0.718. The van der Waals surface area contributed by atoms with Gasteiger partial charge in [0.1, 0.15) is 24.1 Å². The second kappa shape index (κ2) is 4.30. The minimum Gasteiger partial charge on any atom is -0.560 e. The number of methoxy groups -OCH3 is 1. The van der Waals surface area contributed by atoms with Gasteiger partial charge in [-0.15, -0.1) is 4.18 Å². The smallest absolute Gasteiger partial charge is 0.246 e. The molecule has 0 N–H and O–H groups in total. The molecular weight excluding hydrogens is 214 g/mol. The number of ether oxygens (including phenoxy) is 1. The zero-order valence-corrected chi connectivity index (χ0v) is 9.49. The molecule has 1 aliphatic heterocycles. The van der Waals surface area contributed by atoms with E-state index in [4.69, 9.17) is 8.92 Å². The van der Waals surface area contributed by atoms with Crippen molar-refractivity contribution in [1.82, 2.24) is 0 Å². The molecule has 0 saturated carbocycles. The van der Waals surface area contributed by atoms with Crippen LogP contribution in [0.25, 0.3) is 0 Å². The normalized spacial score (nSPS) is 25.7. The van der Waals surface area contributed by atoms with E-state index in [1.54, 1.807) is 11.4 Å². The summed E-state index contributed by atoms with van der Waals surface area (Å²) in [5.41, 5.74) is 0.809. The molecular formula is C10H13NO3S. The van der Waals surface area contributed by atoms with E-state index in [1.165, 1.54) is 0 Å². The van der Waals surface area contributed by atoms with Gasteiger partial charge in [0.25, 0.3) is 0 Å². The Kier molecular flexibility index (Phi) is 3.04. The highest BCUT2D eigenvalue weighted by molar-refractivity contribution is 7.88. The Morgan fingerprint density at radius 1 is 1.53 bits per heavy atom. The van der Waals surface area contributed by atoms with Gasteiger partial charge in [-0.25, -0.2) is 0 Å². The van der Waals surface area contributed by atoms with Crippen LogP contribution in [0.2, 0.25) is 0 Å². The minimum atomic E-state index is -1.40. The molecule has 82 valence electrons. The summed E-state index contributed by atoms with van der Waals surface area (Å²) in [5, 5.41) is 0. The van der Waals surface area contributed by atoms with Crippen LogP contribution >= 0.6 is 0 Å². The molecule has 4 nitrogen and oxygen atoms in total.